The van der Waals surface area contributed by atoms with Crippen LogP contribution in [-0.2, 0) is 11.3 Å². The van der Waals surface area contributed by atoms with Gasteiger partial charge in [0.1, 0.15) is 23.9 Å². The molecular formula is C21H28N4O4. The zero-order valence-corrected chi connectivity index (χ0v) is 17.1. The number of hydrogen-bond donors (Lipinski definition) is 2. The highest BCUT2D eigenvalue weighted by Gasteiger charge is 2.07. The van der Waals surface area contributed by atoms with Crippen molar-refractivity contribution in [3.63, 3.8) is 0 Å². The second kappa shape index (κ2) is 11.4. The van der Waals surface area contributed by atoms with Crippen LogP contribution in [0.25, 0.3) is 0 Å². The van der Waals surface area contributed by atoms with Crippen LogP contribution in [-0.4, -0.2) is 57.7 Å². The maximum atomic E-state index is 10.8. The number of likely N-dealkylation sites (N-methyl/N-ethyl adjacent to an activating group) is 1. The van der Waals surface area contributed by atoms with Gasteiger partial charge in [0, 0.05) is 20.6 Å². The van der Waals surface area contributed by atoms with Gasteiger partial charge >= 0.3 is 0 Å². The Kier molecular flexibility index (Phi) is 8.62. The van der Waals surface area contributed by atoms with Gasteiger partial charge in [-0.25, -0.2) is 0 Å². The lowest BCUT2D eigenvalue weighted by Crippen LogP contribution is -2.40. The summed E-state index contributed by atoms with van der Waals surface area (Å²) in [4.78, 5) is 17.1. The summed E-state index contributed by atoms with van der Waals surface area (Å²) >= 11 is 0. The summed E-state index contributed by atoms with van der Waals surface area (Å²) in [6, 6.07) is 14.9. The minimum absolute atomic E-state index is 0.143. The average Bonchev–Trinajstić information content (AvgIpc) is 2.73. The molecule has 0 aliphatic rings. The number of ether oxygens (including phenoxy) is 3. The van der Waals surface area contributed by atoms with E-state index >= 15 is 0 Å². The zero-order valence-electron chi connectivity index (χ0n) is 17.1. The van der Waals surface area contributed by atoms with Crippen LogP contribution in [0.5, 0.6) is 17.2 Å². The van der Waals surface area contributed by atoms with E-state index in [0.29, 0.717) is 25.4 Å². The van der Waals surface area contributed by atoms with Crippen molar-refractivity contribution >= 4 is 11.9 Å². The molecule has 0 unspecified atom stereocenters. The molecule has 8 heteroatoms. The molecule has 0 radical (unpaired) electrons. The summed E-state index contributed by atoms with van der Waals surface area (Å²) in [5.41, 5.74) is 6.10. The summed E-state index contributed by atoms with van der Waals surface area (Å²) in [6.07, 6.45) is 0. The van der Waals surface area contributed by atoms with Crippen molar-refractivity contribution in [1.29, 1.82) is 0 Å². The average molecular weight is 400 g/mol. The summed E-state index contributed by atoms with van der Waals surface area (Å²) in [7, 11) is 5.31. The van der Waals surface area contributed by atoms with Gasteiger partial charge < -0.3 is 30.2 Å². The van der Waals surface area contributed by atoms with Gasteiger partial charge in [0.2, 0.25) is 0 Å². The van der Waals surface area contributed by atoms with Crippen LogP contribution in [0, 0.1) is 0 Å². The number of amides is 1. The molecule has 0 heterocycles. The number of benzene rings is 2. The third-order valence-corrected chi connectivity index (χ3v) is 4.06. The fraction of sp³-hybridized carbons (Fsp3) is 0.333. The largest absolute Gasteiger partial charge is 0.497 e. The van der Waals surface area contributed by atoms with E-state index < -0.39 is 5.91 Å². The van der Waals surface area contributed by atoms with E-state index in [2.05, 4.69) is 10.3 Å². The fourth-order valence-electron chi connectivity index (χ4n) is 2.54. The van der Waals surface area contributed by atoms with Crippen LogP contribution >= 0.6 is 0 Å². The number of methoxy groups -OCH3 is 1. The number of nitrogens with two attached hydrogens (primary N) is 1. The van der Waals surface area contributed by atoms with E-state index in [1.54, 1.807) is 20.2 Å². The quantitative estimate of drug-likeness (QED) is 0.465. The van der Waals surface area contributed by atoms with Crippen LogP contribution in [0.2, 0.25) is 0 Å². The van der Waals surface area contributed by atoms with E-state index in [-0.39, 0.29) is 6.61 Å². The number of nitrogens with one attached hydrogen (secondary N) is 1. The molecule has 0 aliphatic carbocycles. The Morgan fingerprint density at radius 3 is 2.48 bits per heavy atom. The Morgan fingerprint density at radius 2 is 1.83 bits per heavy atom. The number of primary amides is 1. The number of guanidine groups is 1. The molecule has 0 atom stereocenters. The predicted octanol–water partition coefficient (Wildman–Crippen LogP) is 1.65. The fourth-order valence-corrected chi connectivity index (χ4v) is 2.54. The molecule has 1 amide bonds. The molecule has 0 saturated carbocycles. The normalized spacial score (nSPS) is 10.9. The minimum Gasteiger partial charge on any atom is -0.497 e. The van der Waals surface area contributed by atoms with Gasteiger partial charge in [-0.15, -0.1) is 0 Å². The molecule has 2 rings (SSSR count). The molecule has 0 spiro atoms. The Bertz CT molecular complexity index is 809. The second-order valence-corrected chi connectivity index (χ2v) is 6.25. The summed E-state index contributed by atoms with van der Waals surface area (Å²) in [5.74, 6) is 2.41. The second-order valence-electron chi connectivity index (χ2n) is 6.25. The molecule has 8 nitrogen and oxygen atoms in total. The summed E-state index contributed by atoms with van der Waals surface area (Å²) in [6.45, 7) is 1.59. The van der Waals surface area contributed by atoms with Gasteiger partial charge in [-0.3, -0.25) is 9.79 Å². The van der Waals surface area contributed by atoms with Crippen LogP contribution in [0.1, 0.15) is 5.56 Å². The molecule has 2 aromatic rings. The topological polar surface area (TPSA) is 98.4 Å². The van der Waals surface area contributed by atoms with Crippen molar-refractivity contribution in [3.05, 3.63) is 54.1 Å². The number of carbonyl (C=O) groups excluding carboxylic acids is 1. The number of nitrogens with zero attached hydrogens (tertiary/aromatic N) is 2. The smallest absolute Gasteiger partial charge is 0.255 e. The van der Waals surface area contributed by atoms with Crippen LogP contribution in [0.3, 0.4) is 0 Å². The molecule has 0 aromatic heterocycles. The van der Waals surface area contributed by atoms with Gasteiger partial charge in [-0.05, 0) is 42.0 Å². The molecule has 156 valence electrons. The standard InChI is InChI=1S/C21H28N4O4/c1-23-21(24-14-16-5-4-6-19(13-16)29-15-20(22)26)25(2)11-12-28-18-9-7-17(27-3)8-10-18/h4-10,13H,11-12,14-15H2,1-3H3,(H2,22,26)(H,23,24). The molecule has 0 bridgehead atoms. The third-order valence-electron chi connectivity index (χ3n) is 4.06. The maximum absolute atomic E-state index is 10.8. The van der Waals surface area contributed by atoms with Gasteiger partial charge in [0.05, 0.1) is 13.7 Å². The molecule has 29 heavy (non-hydrogen) atoms. The summed E-state index contributed by atoms with van der Waals surface area (Å²) in [5, 5.41) is 3.30. The number of hydrogen-bond acceptors (Lipinski definition) is 5. The molecule has 0 fully saturated rings. The molecule has 2 aromatic carbocycles. The SMILES string of the molecule is CN=C(NCc1cccc(OCC(N)=O)c1)N(C)CCOc1ccc(OC)cc1. The van der Waals surface area contributed by atoms with E-state index in [1.165, 1.54) is 0 Å². The van der Waals surface area contributed by atoms with Crippen LogP contribution in [0.15, 0.2) is 53.5 Å². The Balaban J connectivity index is 1.79. The van der Waals surface area contributed by atoms with E-state index in [4.69, 9.17) is 19.9 Å². The van der Waals surface area contributed by atoms with Gasteiger partial charge in [0.15, 0.2) is 12.6 Å². The van der Waals surface area contributed by atoms with Gasteiger partial charge in [-0.2, -0.15) is 0 Å². The van der Waals surface area contributed by atoms with Crippen LogP contribution in [0.4, 0.5) is 0 Å². The van der Waals surface area contributed by atoms with Crippen molar-refractivity contribution < 1.29 is 19.0 Å². The highest BCUT2D eigenvalue weighted by atomic mass is 16.5. The molecule has 0 aliphatic heterocycles. The molecule has 3 N–H and O–H groups in total. The maximum Gasteiger partial charge on any atom is 0.255 e. The van der Waals surface area contributed by atoms with Crippen molar-refractivity contribution in [3.8, 4) is 17.2 Å². The summed E-state index contributed by atoms with van der Waals surface area (Å²) < 4.78 is 16.2. The first-order valence-corrected chi connectivity index (χ1v) is 9.20. The van der Waals surface area contributed by atoms with Crippen molar-refractivity contribution in [2.45, 2.75) is 6.54 Å². The predicted molar refractivity (Wildman–Crippen MR) is 112 cm³/mol. The first kappa shape index (κ1) is 21.9. The number of aliphatic imine (C=N–C) groups is 1. The molecule has 0 saturated heterocycles. The van der Waals surface area contributed by atoms with E-state index in [9.17, 15) is 4.79 Å². The zero-order chi connectivity index (χ0) is 21.1. The Labute approximate surface area is 171 Å². The van der Waals surface area contributed by atoms with Gasteiger partial charge in [-0.1, -0.05) is 12.1 Å². The van der Waals surface area contributed by atoms with Crippen LogP contribution < -0.4 is 25.3 Å². The minimum atomic E-state index is -0.507. The Hall–Kier alpha value is -3.42. The monoisotopic (exact) mass is 400 g/mol. The first-order chi connectivity index (χ1) is 14.0. The third kappa shape index (κ3) is 7.61. The lowest BCUT2D eigenvalue weighted by atomic mass is 10.2. The molecular weight excluding hydrogens is 372 g/mol. The first-order valence-electron chi connectivity index (χ1n) is 9.20. The lowest BCUT2D eigenvalue weighted by Gasteiger charge is -2.22. The number of rotatable bonds is 10. The van der Waals surface area contributed by atoms with Crippen molar-refractivity contribution in [2.75, 3.05) is 41.0 Å². The highest BCUT2D eigenvalue weighted by Crippen LogP contribution is 2.17. The Morgan fingerprint density at radius 1 is 1.10 bits per heavy atom. The highest BCUT2D eigenvalue weighted by molar-refractivity contribution is 5.79. The van der Waals surface area contributed by atoms with E-state index in [1.807, 2.05) is 54.4 Å². The van der Waals surface area contributed by atoms with Crippen molar-refractivity contribution in [2.24, 2.45) is 10.7 Å². The number of carbonyl (C=O) groups is 1. The van der Waals surface area contributed by atoms with Crippen molar-refractivity contribution in [1.82, 2.24) is 10.2 Å². The van der Waals surface area contributed by atoms with E-state index in [0.717, 1.165) is 23.0 Å². The van der Waals surface area contributed by atoms with Gasteiger partial charge in [0.25, 0.3) is 5.91 Å². The lowest BCUT2D eigenvalue weighted by molar-refractivity contribution is -0.119.